The van der Waals surface area contributed by atoms with Crippen LogP contribution in [0.25, 0.3) is 11.0 Å². The normalized spacial score (nSPS) is 12.1. The van der Waals surface area contributed by atoms with E-state index in [0.29, 0.717) is 18.0 Å². The van der Waals surface area contributed by atoms with Gasteiger partial charge in [-0.3, -0.25) is 4.79 Å². The van der Waals surface area contributed by atoms with Crippen LogP contribution >= 0.6 is 11.6 Å². The van der Waals surface area contributed by atoms with Crippen molar-refractivity contribution in [1.29, 1.82) is 0 Å². The SMILES string of the molecule is CC(c1ccccc1)n1c(CCCNC(=O)Cc2ccc(Cl)cc2)nc2ccccc21. The number of carbonyl (C=O) groups excluding carboxylic acids is 1. The van der Waals surface area contributed by atoms with E-state index in [1.165, 1.54) is 5.56 Å². The van der Waals surface area contributed by atoms with Gasteiger partial charge in [0.1, 0.15) is 5.82 Å². The van der Waals surface area contributed by atoms with Crippen LogP contribution in [0.5, 0.6) is 0 Å². The molecule has 4 nitrogen and oxygen atoms in total. The van der Waals surface area contributed by atoms with Crippen LogP contribution in [-0.2, 0) is 17.6 Å². The molecule has 0 spiro atoms. The Kier molecular flexibility index (Phi) is 6.68. The third kappa shape index (κ3) is 5.15. The number of fused-ring (bicyclic) bond motifs is 1. The number of rotatable bonds is 8. The van der Waals surface area contributed by atoms with Crippen LogP contribution in [0.4, 0.5) is 0 Å². The Labute approximate surface area is 187 Å². The Bertz CT molecular complexity index is 1150. The van der Waals surface area contributed by atoms with Gasteiger partial charge in [0.25, 0.3) is 0 Å². The van der Waals surface area contributed by atoms with E-state index < -0.39 is 0 Å². The minimum absolute atomic E-state index is 0.0217. The van der Waals surface area contributed by atoms with E-state index in [4.69, 9.17) is 16.6 Å². The van der Waals surface area contributed by atoms with E-state index in [1.54, 1.807) is 0 Å². The number of para-hydroxylation sites is 2. The van der Waals surface area contributed by atoms with Crippen molar-refractivity contribution in [3.63, 3.8) is 0 Å². The highest BCUT2D eigenvalue weighted by Crippen LogP contribution is 2.26. The maximum atomic E-state index is 12.2. The van der Waals surface area contributed by atoms with Crippen LogP contribution in [0.2, 0.25) is 5.02 Å². The summed E-state index contributed by atoms with van der Waals surface area (Å²) in [5.74, 6) is 1.07. The van der Waals surface area contributed by atoms with Crippen molar-refractivity contribution in [2.24, 2.45) is 0 Å². The number of nitrogens with one attached hydrogen (secondary N) is 1. The molecule has 1 aromatic heterocycles. The summed E-state index contributed by atoms with van der Waals surface area (Å²) < 4.78 is 2.32. The Balaban J connectivity index is 1.41. The van der Waals surface area contributed by atoms with Crippen LogP contribution in [0.3, 0.4) is 0 Å². The molecule has 0 aliphatic rings. The van der Waals surface area contributed by atoms with Gasteiger partial charge in [-0.25, -0.2) is 4.98 Å². The third-order valence-electron chi connectivity index (χ3n) is 5.52. The number of carbonyl (C=O) groups is 1. The molecule has 5 heteroatoms. The molecular formula is C26H26ClN3O. The minimum Gasteiger partial charge on any atom is -0.356 e. The summed E-state index contributed by atoms with van der Waals surface area (Å²) in [6, 6.07) is 26.3. The van der Waals surface area contributed by atoms with Gasteiger partial charge < -0.3 is 9.88 Å². The second-order valence-electron chi connectivity index (χ2n) is 7.73. The second-order valence-corrected chi connectivity index (χ2v) is 8.17. The molecule has 0 aliphatic carbocycles. The number of hydrogen-bond acceptors (Lipinski definition) is 2. The number of nitrogens with zero attached hydrogens (tertiary/aromatic N) is 2. The first-order chi connectivity index (χ1) is 15.1. The topological polar surface area (TPSA) is 46.9 Å². The molecule has 0 fully saturated rings. The number of hydrogen-bond donors (Lipinski definition) is 1. The van der Waals surface area contributed by atoms with E-state index in [0.717, 1.165) is 35.3 Å². The Morgan fingerprint density at radius 2 is 1.71 bits per heavy atom. The van der Waals surface area contributed by atoms with Crippen molar-refractivity contribution in [2.75, 3.05) is 6.54 Å². The van der Waals surface area contributed by atoms with Gasteiger partial charge in [0.15, 0.2) is 0 Å². The summed E-state index contributed by atoms with van der Waals surface area (Å²) >= 11 is 5.90. The Morgan fingerprint density at radius 3 is 2.48 bits per heavy atom. The van der Waals surface area contributed by atoms with Crippen molar-refractivity contribution in [3.05, 3.63) is 101 Å². The van der Waals surface area contributed by atoms with E-state index in [1.807, 2.05) is 36.4 Å². The minimum atomic E-state index is 0.0217. The molecule has 0 radical (unpaired) electrons. The molecule has 0 bridgehead atoms. The number of halogens is 1. The van der Waals surface area contributed by atoms with Gasteiger partial charge in [-0.15, -0.1) is 0 Å². The summed E-state index contributed by atoms with van der Waals surface area (Å²) in [5.41, 5.74) is 4.36. The molecule has 31 heavy (non-hydrogen) atoms. The quantitative estimate of drug-likeness (QED) is 0.369. The zero-order valence-electron chi connectivity index (χ0n) is 17.6. The van der Waals surface area contributed by atoms with Gasteiger partial charge in [0.05, 0.1) is 23.5 Å². The van der Waals surface area contributed by atoms with Gasteiger partial charge in [-0.05, 0) is 48.7 Å². The van der Waals surface area contributed by atoms with Crippen LogP contribution < -0.4 is 5.32 Å². The van der Waals surface area contributed by atoms with Crippen molar-refractivity contribution in [3.8, 4) is 0 Å². The predicted octanol–water partition coefficient (Wildman–Crippen LogP) is 5.59. The van der Waals surface area contributed by atoms with Crippen molar-refractivity contribution in [1.82, 2.24) is 14.9 Å². The van der Waals surface area contributed by atoms with Crippen LogP contribution in [0, 0.1) is 0 Å². The highest BCUT2D eigenvalue weighted by molar-refractivity contribution is 6.30. The van der Waals surface area contributed by atoms with Gasteiger partial charge in [0, 0.05) is 18.0 Å². The highest BCUT2D eigenvalue weighted by atomic mass is 35.5. The molecule has 0 saturated heterocycles. The number of aryl methyl sites for hydroxylation is 1. The molecule has 1 unspecified atom stereocenters. The van der Waals surface area contributed by atoms with Crippen molar-refractivity contribution >= 4 is 28.5 Å². The summed E-state index contributed by atoms with van der Waals surface area (Å²) in [5, 5.41) is 3.70. The lowest BCUT2D eigenvalue weighted by Crippen LogP contribution is -2.26. The Morgan fingerprint density at radius 1 is 1.00 bits per heavy atom. The highest BCUT2D eigenvalue weighted by Gasteiger charge is 2.17. The molecule has 1 atom stereocenters. The van der Waals surface area contributed by atoms with Crippen LogP contribution in [0.1, 0.15) is 36.3 Å². The van der Waals surface area contributed by atoms with E-state index in [2.05, 4.69) is 59.3 Å². The fourth-order valence-corrected chi connectivity index (χ4v) is 4.03. The first-order valence-corrected chi connectivity index (χ1v) is 11.0. The lowest BCUT2D eigenvalue weighted by Gasteiger charge is -2.18. The third-order valence-corrected chi connectivity index (χ3v) is 5.77. The molecule has 3 aromatic carbocycles. The molecule has 0 aliphatic heterocycles. The lowest BCUT2D eigenvalue weighted by molar-refractivity contribution is -0.120. The van der Waals surface area contributed by atoms with Crippen LogP contribution in [-0.4, -0.2) is 22.0 Å². The van der Waals surface area contributed by atoms with Crippen molar-refractivity contribution < 1.29 is 4.79 Å². The molecule has 0 saturated carbocycles. The standard InChI is InChI=1S/C26H26ClN3O/c1-19(21-8-3-2-4-9-21)30-24-11-6-5-10-23(24)29-25(30)12-7-17-28-26(31)18-20-13-15-22(27)16-14-20/h2-6,8-11,13-16,19H,7,12,17-18H2,1H3,(H,28,31). The van der Waals surface area contributed by atoms with Crippen molar-refractivity contribution in [2.45, 2.75) is 32.2 Å². The molecule has 1 heterocycles. The van der Waals surface area contributed by atoms with E-state index in [-0.39, 0.29) is 11.9 Å². The summed E-state index contributed by atoms with van der Waals surface area (Å²) in [4.78, 5) is 17.1. The first kappa shape index (κ1) is 21.1. The van der Waals surface area contributed by atoms with Gasteiger partial charge in [0.2, 0.25) is 5.91 Å². The maximum absolute atomic E-state index is 12.2. The predicted molar refractivity (Wildman–Crippen MR) is 126 cm³/mol. The second kappa shape index (κ2) is 9.80. The van der Waals surface area contributed by atoms with Gasteiger partial charge in [-0.2, -0.15) is 0 Å². The lowest BCUT2D eigenvalue weighted by atomic mass is 10.1. The fourth-order valence-electron chi connectivity index (χ4n) is 3.91. The number of aromatic nitrogens is 2. The molecular weight excluding hydrogens is 406 g/mol. The largest absolute Gasteiger partial charge is 0.356 e. The van der Waals surface area contributed by atoms with Gasteiger partial charge >= 0.3 is 0 Å². The first-order valence-electron chi connectivity index (χ1n) is 10.6. The monoisotopic (exact) mass is 431 g/mol. The molecule has 4 aromatic rings. The zero-order chi connectivity index (χ0) is 21.6. The maximum Gasteiger partial charge on any atom is 0.224 e. The summed E-state index contributed by atoms with van der Waals surface area (Å²) in [6.07, 6.45) is 1.99. The molecule has 4 rings (SSSR count). The molecule has 1 amide bonds. The molecule has 1 N–H and O–H groups in total. The summed E-state index contributed by atoms with van der Waals surface area (Å²) in [6.45, 7) is 2.83. The number of imidazole rings is 1. The smallest absolute Gasteiger partial charge is 0.224 e. The zero-order valence-corrected chi connectivity index (χ0v) is 18.3. The van der Waals surface area contributed by atoms with Crippen LogP contribution in [0.15, 0.2) is 78.9 Å². The summed E-state index contributed by atoms with van der Waals surface area (Å²) in [7, 11) is 0. The molecule has 158 valence electrons. The average Bonchev–Trinajstić information content (AvgIpc) is 3.16. The number of amides is 1. The van der Waals surface area contributed by atoms with E-state index >= 15 is 0 Å². The van der Waals surface area contributed by atoms with Gasteiger partial charge in [-0.1, -0.05) is 66.2 Å². The average molecular weight is 432 g/mol. The van der Waals surface area contributed by atoms with E-state index in [9.17, 15) is 4.79 Å². The fraction of sp³-hybridized carbons (Fsp3) is 0.231. The number of benzene rings is 3. The Hall–Kier alpha value is -3.11.